The van der Waals surface area contributed by atoms with Gasteiger partial charge in [0.15, 0.2) is 41.7 Å². The van der Waals surface area contributed by atoms with Crippen molar-refractivity contribution < 1.29 is 76.7 Å². The molecule has 2 aromatic rings. The van der Waals surface area contributed by atoms with Crippen LogP contribution in [0, 0.1) is 37.9 Å². The van der Waals surface area contributed by atoms with Crippen molar-refractivity contribution in [1.29, 1.82) is 37.9 Å². The molecule has 0 saturated carbocycles. The third-order valence-electron chi connectivity index (χ3n) is 22.3. The van der Waals surface area contributed by atoms with Gasteiger partial charge in [-0.05, 0) is 146 Å². The molecule has 5 heterocycles. The second kappa shape index (κ2) is 54.6. The van der Waals surface area contributed by atoms with Crippen LogP contribution in [0.25, 0.3) is 10.9 Å². The fraction of sp³-hybridized carbons (Fsp3) is 0.608. The number of primary amides is 2. The van der Waals surface area contributed by atoms with Gasteiger partial charge >= 0.3 is 0 Å². The maximum Gasteiger partial charge on any atom is 0.246 e. The lowest BCUT2D eigenvalue weighted by Gasteiger charge is -2.34. The van der Waals surface area contributed by atoms with E-state index in [-0.39, 0.29) is 200 Å². The highest BCUT2D eigenvalue weighted by Gasteiger charge is 2.46. The van der Waals surface area contributed by atoms with Crippen LogP contribution in [-0.2, 0) is 83.1 Å². The molecular formula is C79H132N38O16. The highest BCUT2D eigenvalue weighted by Crippen LogP contribution is 2.28. The summed E-state index contributed by atoms with van der Waals surface area (Å²) < 4.78 is 0. The third kappa shape index (κ3) is 36.6. The first-order chi connectivity index (χ1) is 63.2. The van der Waals surface area contributed by atoms with Gasteiger partial charge in [-0.2, -0.15) is 0 Å². The monoisotopic (exact) mass is 1870 g/mol. The van der Waals surface area contributed by atoms with Crippen LogP contribution in [0.4, 0.5) is 0 Å². The predicted molar refractivity (Wildman–Crippen MR) is 485 cm³/mol. The van der Waals surface area contributed by atoms with E-state index in [1.54, 1.807) is 30.5 Å². The van der Waals surface area contributed by atoms with Crippen molar-refractivity contribution >= 4 is 147 Å². The number of rotatable bonds is 35. The van der Waals surface area contributed by atoms with Crippen LogP contribution in [0.15, 0.2) is 30.5 Å². The van der Waals surface area contributed by atoms with Crippen molar-refractivity contribution in [2.75, 3.05) is 72.0 Å². The zero-order chi connectivity index (χ0) is 98.0. The molecular weight excluding hydrogens is 1740 g/mol. The zero-order valence-electron chi connectivity index (χ0n) is 74.2. The average molecular weight is 1870 g/mol. The standard InChI is InChI=1S/C79H132N38O16/c80-57(118)26-25-50-66(127)107-48(19-7-31-100-77(90)91)65(126)113-53(38-58(81)119)68(129)109-47(18-6-30-99-76(88)89)64(125)112-51(21-9-33-102-79(94)95)71(132)117-36-12-24-56(117)72(133)116-35-11-23-55(116)70(131)114-52(37-41-39-103-43-14-2-1-13-42(41)43)67(128)108-46(17-5-29-98-75(86)87)62(123)106-45(16-4-28-97-74(84)85)61(122)105-44(15-3-27-96-73(82)83)60(121)104-40-59(120)115-34-10-22-54(115)69(130)111-49(63(124)110-50)20-8-32-101-78(92)93/h1-2,13-14,39,44-56,103H,3-12,15-38,40H2,(H2,80,118)(H2,81,119)(H,104,121)(H,105,122)(H,106,123)(H,107,127)(H,108,128)(H,109,129)(H,110,124)(H,111,130)(H,112,125)(H,113,126)(H,114,131)(H4,82,83,96)(H4,84,85,97)(H4,86,87,98)(H4,88,89,99)(H4,90,91,100)(H4,92,93,101)(H4,94,95,102)/t44-,45-,46-,47-,48-,49+,50-,51-,52-,53-,54-,55+,56-/m0/s1. The second-order valence-corrected chi connectivity index (χ2v) is 32.6. The van der Waals surface area contributed by atoms with Crippen LogP contribution in [0.3, 0.4) is 0 Å². The Hall–Kier alpha value is -14.8. The number of H-pyrrole nitrogens is 1. The summed E-state index contributed by atoms with van der Waals surface area (Å²) >= 11 is 0. The van der Waals surface area contributed by atoms with Gasteiger partial charge in [0, 0.05) is 95.4 Å². The molecule has 13 atom stereocenters. The Labute approximate surface area is 766 Å². The number of carbonyl (C=O) groups is 16. The molecule has 4 aliphatic rings. The highest BCUT2D eigenvalue weighted by molar-refractivity contribution is 6.02. The van der Waals surface area contributed by atoms with Crippen molar-refractivity contribution in [1.82, 2.24) is 115 Å². The first kappa shape index (κ1) is 107. The van der Waals surface area contributed by atoms with E-state index in [0.29, 0.717) is 16.5 Å². The summed E-state index contributed by atoms with van der Waals surface area (Å²) in [5.74, 6) is -19.1. The largest absolute Gasteiger partial charge is 0.370 e. The topological polar surface area (TPSA) is 916 Å². The Morgan fingerprint density at radius 2 is 0.624 bits per heavy atom. The number of fused-ring (bicyclic) bond motifs is 4. The molecule has 734 valence electrons. The van der Waals surface area contributed by atoms with E-state index in [1.165, 1.54) is 9.80 Å². The van der Waals surface area contributed by atoms with Gasteiger partial charge in [0.1, 0.15) is 78.5 Å². The number of aromatic nitrogens is 1. The van der Waals surface area contributed by atoms with Crippen molar-refractivity contribution in [3.63, 3.8) is 0 Å². The number of nitrogens with one attached hydrogen (secondary N) is 26. The molecule has 54 heteroatoms. The molecule has 0 radical (unpaired) electrons. The molecule has 4 saturated heterocycles. The number of amides is 16. The number of carbonyl (C=O) groups excluding carboxylic acids is 16. The van der Waals surface area contributed by atoms with Crippen LogP contribution in [-0.4, -0.2) is 306 Å². The van der Waals surface area contributed by atoms with Gasteiger partial charge < -0.3 is 167 Å². The Bertz CT molecular complexity index is 4510. The Balaban J connectivity index is 1.49. The molecule has 4 fully saturated rings. The summed E-state index contributed by atoms with van der Waals surface area (Å²) in [7, 11) is 0. The fourth-order valence-corrected chi connectivity index (χ4v) is 15.7. The highest BCUT2D eigenvalue weighted by atomic mass is 16.2. The SMILES string of the molecule is N=C(N)NCCC[C@@H]1NC(=O)[C@H](CCCNC(=N)N)NC(=O)[C@H](CCCNC(=N)N)NC(=O)[C@H](Cc2c[nH]c3ccccc23)NC(=O)[C@H]2CCCN2C(=O)[C@@H]2CCCN2C(=O)[C@H](CCCNC(=N)N)NC(=O)[C@H](CCCNC(=N)N)NC(=O)[C@H](CC(N)=O)NC(=O)[C@H](CCCNC(=N)N)NC(=O)[C@H](CCC(N)=O)NC(=O)[C@@H](CCCNC(=N)N)NC(=O)[C@@H]2CCCN2C(=O)CNC1=O. The minimum absolute atomic E-state index is 0.00912. The summed E-state index contributed by atoms with van der Waals surface area (Å²) in [5, 5.41) is 102. The van der Waals surface area contributed by atoms with E-state index < -0.39 is 241 Å². The first-order valence-electron chi connectivity index (χ1n) is 44.1. The number of benzene rings is 1. The summed E-state index contributed by atoms with van der Waals surface area (Å²) in [6, 6.07) is -13.5. The van der Waals surface area contributed by atoms with Crippen molar-refractivity contribution in [3.05, 3.63) is 36.0 Å². The van der Waals surface area contributed by atoms with E-state index >= 15 is 28.8 Å². The number of nitrogens with two attached hydrogens (primary N) is 9. The fourth-order valence-electron chi connectivity index (χ4n) is 15.7. The Morgan fingerprint density at radius 1 is 0.331 bits per heavy atom. The van der Waals surface area contributed by atoms with Gasteiger partial charge in [0.25, 0.3) is 0 Å². The van der Waals surface area contributed by atoms with Gasteiger partial charge in [-0.3, -0.25) is 115 Å². The van der Waals surface area contributed by atoms with Crippen LogP contribution < -0.4 is 147 Å². The summed E-state index contributed by atoms with van der Waals surface area (Å²) in [6.07, 6.45) is -1.95. The molecule has 1 aromatic heterocycles. The van der Waals surface area contributed by atoms with Crippen LogP contribution >= 0.6 is 0 Å². The summed E-state index contributed by atoms with van der Waals surface area (Å²) in [4.78, 5) is 242. The van der Waals surface area contributed by atoms with Gasteiger partial charge in [-0.25, -0.2) is 0 Å². The molecule has 4 aliphatic heterocycles. The molecule has 16 amide bonds. The number of aromatic amines is 1. The van der Waals surface area contributed by atoms with E-state index in [0.717, 1.165) is 4.90 Å². The Kier molecular flexibility index (Phi) is 43.9. The molecule has 0 aliphatic carbocycles. The maximum absolute atomic E-state index is 15.4. The number of guanidine groups is 7. The van der Waals surface area contributed by atoms with Gasteiger partial charge in [-0.15, -0.1) is 0 Å². The molecule has 6 rings (SSSR count). The molecule has 133 heavy (non-hydrogen) atoms. The lowest BCUT2D eigenvalue weighted by atomic mass is 10.0. The van der Waals surface area contributed by atoms with E-state index in [9.17, 15) is 47.9 Å². The molecule has 54 nitrogen and oxygen atoms in total. The first-order valence-corrected chi connectivity index (χ1v) is 44.1. The zero-order valence-corrected chi connectivity index (χ0v) is 74.2. The molecule has 0 bridgehead atoms. The van der Waals surface area contributed by atoms with E-state index in [1.807, 2.05) is 0 Å². The Morgan fingerprint density at radius 3 is 1.00 bits per heavy atom. The maximum atomic E-state index is 15.4. The van der Waals surface area contributed by atoms with Gasteiger partial charge in [-0.1, -0.05) is 18.2 Å². The normalized spacial score (nSPS) is 23.4. The van der Waals surface area contributed by atoms with Crippen LogP contribution in [0.2, 0.25) is 0 Å². The van der Waals surface area contributed by atoms with E-state index in [2.05, 4.69) is 101 Å². The third-order valence-corrected chi connectivity index (χ3v) is 22.3. The minimum atomic E-state index is -1.99. The van der Waals surface area contributed by atoms with Crippen LogP contribution in [0.5, 0.6) is 0 Å². The lowest BCUT2D eigenvalue weighted by Crippen LogP contribution is -2.61. The smallest absolute Gasteiger partial charge is 0.246 e. The van der Waals surface area contributed by atoms with Crippen molar-refractivity contribution in [3.8, 4) is 0 Å². The summed E-state index contributed by atoms with van der Waals surface area (Å²) in [5.41, 5.74) is 51.6. The van der Waals surface area contributed by atoms with Crippen molar-refractivity contribution in [2.45, 2.75) is 233 Å². The minimum Gasteiger partial charge on any atom is -0.370 e. The molecule has 44 N–H and O–H groups in total. The number of hydrogen-bond donors (Lipinski definition) is 35. The lowest BCUT2D eigenvalue weighted by molar-refractivity contribution is -0.148. The van der Waals surface area contributed by atoms with Gasteiger partial charge in [0.05, 0.1) is 13.0 Å². The number of nitrogens with zero attached hydrogens (tertiary/aromatic N) is 3. The van der Waals surface area contributed by atoms with Gasteiger partial charge in [0.2, 0.25) is 94.5 Å². The predicted octanol–water partition coefficient (Wildman–Crippen LogP) is -11.4. The summed E-state index contributed by atoms with van der Waals surface area (Å²) in [6.45, 7) is -1.35. The quantitative estimate of drug-likeness (QED) is 0.0173. The van der Waals surface area contributed by atoms with Crippen molar-refractivity contribution in [2.24, 2.45) is 51.6 Å². The number of hydrogen-bond acceptors (Lipinski definition) is 23. The van der Waals surface area contributed by atoms with E-state index in [4.69, 9.17) is 89.5 Å². The second-order valence-electron chi connectivity index (χ2n) is 32.6. The molecule has 0 unspecified atom stereocenters. The number of para-hydroxylation sites is 1. The average Bonchev–Trinajstić information content (AvgIpc) is 1.67. The van der Waals surface area contributed by atoms with Crippen LogP contribution in [0.1, 0.15) is 153 Å². The molecule has 0 spiro atoms. The molecule has 1 aromatic carbocycles.